The summed E-state index contributed by atoms with van der Waals surface area (Å²) in [5, 5.41) is 9.19. The van der Waals surface area contributed by atoms with Crippen LogP contribution in [0.1, 0.15) is 20.3 Å². The van der Waals surface area contributed by atoms with Crippen molar-refractivity contribution in [2.45, 2.75) is 25.8 Å². The van der Waals surface area contributed by atoms with Gasteiger partial charge in [0, 0.05) is 0 Å². The fourth-order valence-electron chi connectivity index (χ4n) is 3.55. The van der Waals surface area contributed by atoms with Gasteiger partial charge in [0.1, 0.15) is 5.54 Å². The van der Waals surface area contributed by atoms with Gasteiger partial charge in [-0.2, -0.15) is 0 Å². The number of carboxylic acids is 1. The molecular formula is C13H15NO4. The molecule has 2 amide bonds. The zero-order chi connectivity index (χ0) is 13.2. The van der Waals surface area contributed by atoms with E-state index in [1.54, 1.807) is 0 Å². The maximum Gasteiger partial charge on any atom is 0.329 e. The quantitative estimate of drug-likeness (QED) is 0.576. The summed E-state index contributed by atoms with van der Waals surface area (Å²) in [5.74, 6) is -2.19. The van der Waals surface area contributed by atoms with Crippen molar-refractivity contribution in [3.63, 3.8) is 0 Å². The van der Waals surface area contributed by atoms with Crippen LogP contribution in [0.15, 0.2) is 12.2 Å². The van der Waals surface area contributed by atoms with E-state index < -0.39 is 11.5 Å². The normalized spacial score (nSPS) is 37.6. The van der Waals surface area contributed by atoms with E-state index >= 15 is 0 Å². The van der Waals surface area contributed by atoms with Gasteiger partial charge in [-0.15, -0.1) is 0 Å². The summed E-state index contributed by atoms with van der Waals surface area (Å²) in [4.78, 5) is 36.9. The van der Waals surface area contributed by atoms with Crippen molar-refractivity contribution in [1.82, 2.24) is 4.90 Å². The van der Waals surface area contributed by atoms with E-state index in [9.17, 15) is 19.5 Å². The van der Waals surface area contributed by atoms with Crippen molar-refractivity contribution in [3.05, 3.63) is 12.2 Å². The Hall–Kier alpha value is -1.65. The van der Waals surface area contributed by atoms with E-state index in [0.717, 1.165) is 11.3 Å². The number of aliphatic carboxylic acids is 1. The first-order chi connectivity index (χ1) is 8.35. The predicted molar refractivity (Wildman–Crippen MR) is 61.3 cm³/mol. The summed E-state index contributed by atoms with van der Waals surface area (Å²) in [7, 11) is 0. The molecule has 2 fully saturated rings. The molecule has 2 bridgehead atoms. The Labute approximate surface area is 104 Å². The second-order valence-corrected chi connectivity index (χ2v) is 5.88. The molecule has 18 heavy (non-hydrogen) atoms. The molecule has 0 aromatic heterocycles. The zero-order valence-corrected chi connectivity index (χ0v) is 10.3. The molecular weight excluding hydrogens is 234 g/mol. The smallest absolute Gasteiger partial charge is 0.329 e. The molecule has 96 valence electrons. The number of nitrogens with zero attached hydrogens (tertiary/aromatic N) is 1. The lowest BCUT2D eigenvalue weighted by Gasteiger charge is -2.30. The predicted octanol–water partition coefficient (Wildman–Crippen LogP) is 0.657. The van der Waals surface area contributed by atoms with Gasteiger partial charge in [-0.05, 0) is 32.1 Å². The van der Waals surface area contributed by atoms with E-state index in [-0.39, 0.29) is 35.5 Å². The Bertz CT molecular complexity index is 463. The molecule has 1 saturated carbocycles. The number of hydrogen-bond acceptors (Lipinski definition) is 3. The van der Waals surface area contributed by atoms with Gasteiger partial charge < -0.3 is 5.11 Å². The van der Waals surface area contributed by atoms with Crippen molar-refractivity contribution in [1.29, 1.82) is 0 Å². The number of carbonyl (C=O) groups excluding carboxylic acids is 2. The number of imide groups is 1. The summed E-state index contributed by atoms with van der Waals surface area (Å²) < 4.78 is 0. The van der Waals surface area contributed by atoms with Crippen LogP contribution < -0.4 is 0 Å². The third-order valence-electron chi connectivity index (χ3n) is 4.55. The van der Waals surface area contributed by atoms with Gasteiger partial charge in [0.05, 0.1) is 11.8 Å². The summed E-state index contributed by atoms with van der Waals surface area (Å²) in [6, 6.07) is 0. The second kappa shape index (κ2) is 3.22. The fraction of sp³-hybridized carbons (Fsp3) is 0.615. The number of amides is 2. The topological polar surface area (TPSA) is 74.7 Å². The van der Waals surface area contributed by atoms with Gasteiger partial charge in [-0.3, -0.25) is 14.5 Å². The van der Waals surface area contributed by atoms with Crippen LogP contribution in [-0.2, 0) is 14.4 Å². The molecule has 1 N–H and O–H groups in total. The third-order valence-corrected chi connectivity index (χ3v) is 4.55. The lowest BCUT2D eigenvalue weighted by atomic mass is 9.85. The van der Waals surface area contributed by atoms with Crippen molar-refractivity contribution in [3.8, 4) is 0 Å². The highest BCUT2D eigenvalue weighted by Gasteiger charge is 2.62. The van der Waals surface area contributed by atoms with Gasteiger partial charge in [0.15, 0.2) is 0 Å². The molecule has 4 unspecified atom stereocenters. The second-order valence-electron chi connectivity index (χ2n) is 5.88. The largest absolute Gasteiger partial charge is 0.480 e. The van der Waals surface area contributed by atoms with Crippen LogP contribution in [0.25, 0.3) is 0 Å². The lowest BCUT2D eigenvalue weighted by molar-refractivity contribution is -0.161. The monoisotopic (exact) mass is 249 g/mol. The first-order valence-electron chi connectivity index (χ1n) is 6.15. The summed E-state index contributed by atoms with van der Waals surface area (Å²) in [5.41, 5.74) is -1.46. The van der Waals surface area contributed by atoms with Gasteiger partial charge >= 0.3 is 5.97 Å². The molecule has 3 aliphatic rings. The molecule has 3 rings (SSSR count). The van der Waals surface area contributed by atoms with E-state index in [4.69, 9.17) is 0 Å². The summed E-state index contributed by atoms with van der Waals surface area (Å²) in [6.45, 7) is 2.81. The van der Waals surface area contributed by atoms with Gasteiger partial charge in [-0.1, -0.05) is 12.2 Å². The lowest BCUT2D eigenvalue weighted by Crippen LogP contribution is -2.53. The highest BCUT2D eigenvalue weighted by Crippen LogP contribution is 2.53. The number of likely N-dealkylation sites (tertiary alicyclic amines) is 1. The fourth-order valence-corrected chi connectivity index (χ4v) is 3.55. The average Bonchev–Trinajstić information content (AvgIpc) is 2.92. The van der Waals surface area contributed by atoms with Crippen LogP contribution in [-0.4, -0.2) is 33.3 Å². The minimum absolute atomic E-state index is 0.117. The molecule has 0 spiro atoms. The minimum Gasteiger partial charge on any atom is -0.480 e. The molecule has 1 aliphatic heterocycles. The number of carbonyl (C=O) groups is 3. The number of hydrogen-bond donors (Lipinski definition) is 1. The molecule has 0 radical (unpaired) electrons. The molecule has 1 heterocycles. The zero-order valence-electron chi connectivity index (χ0n) is 10.3. The van der Waals surface area contributed by atoms with Crippen molar-refractivity contribution in [2.75, 3.05) is 0 Å². The highest BCUT2D eigenvalue weighted by molar-refractivity contribution is 6.09. The van der Waals surface area contributed by atoms with Crippen LogP contribution >= 0.6 is 0 Å². The average molecular weight is 249 g/mol. The molecule has 4 atom stereocenters. The van der Waals surface area contributed by atoms with Crippen molar-refractivity contribution in [2.24, 2.45) is 23.7 Å². The molecule has 0 aromatic carbocycles. The number of rotatable bonds is 2. The van der Waals surface area contributed by atoms with Gasteiger partial charge in [-0.25, -0.2) is 4.79 Å². The van der Waals surface area contributed by atoms with Crippen LogP contribution in [0.5, 0.6) is 0 Å². The van der Waals surface area contributed by atoms with Crippen molar-refractivity contribution >= 4 is 17.8 Å². The van der Waals surface area contributed by atoms with Crippen LogP contribution in [0.3, 0.4) is 0 Å². The van der Waals surface area contributed by atoms with E-state index in [1.165, 1.54) is 13.8 Å². The van der Waals surface area contributed by atoms with E-state index in [1.807, 2.05) is 12.2 Å². The minimum atomic E-state index is -1.46. The Kier molecular flexibility index (Phi) is 2.04. The number of allylic oxidation sites excluding steroid dienone is 2. The van der Waals surface area contributed by atoms with E-state index in [2.05, 4.69) is 0 Å². The Morgan fingerprint density at radius 2 is 1.67 bits per heavy atom. The maximum atomic E-state index is 12.3. The third kappa shape index (κ3) is 1.14. The summed E-state index contributed by atoms with van der Waals surface area (Å²) >= 11 is 0. The van der Waals surface area contributed by atoms with Crippen LogP contribution in [0, 0.1) is 23.7 Å². The SMILES string of the molecule is CC(C)(C(=O)O)N1C(=O)C2C3C=CC(C3)C2C1=O. The van der Waals surface area contributed by atoms with Gasteiger partial charge in [0.2, 0.25) is 11.8 Å². The molecule has 2 aliphatic carbocycles. The molecule has 1 saturated heterocycles. The van der Waals surface area contributed by atoms with Gasteiger partial charge in [0.25, 0.3) is 0 Å². The highest BCUT2D eigenvalue weighted by atomic mass is 16.4. The van der Waals surface area contributed by atoms with Crippen LogP contribution in [0.4, 0.5) is 0 Å². The molecule has 0 aromatic rings. The Morgan fingerprint density at radius 3 is 2.06 bits per heavy atom. The first-order valence-corrected chi connectivity index (χ1v) is 6.15. The Balaban J connectivity index is 2.00. The maximum absolute atomic E-state index is 12.3. The molecule has 5 nitrogen and oxygen atoms in total. The van der Waals surface area contributed by atoms with Crippen molar-refractivity contribution < 1.29 is 19.5 Å². The molecule has 5 heteroatoms. The Morgan fingerprint density at radius 1 is 1.22 bits per heavy atom. The number of fused-ring (bicyclic) bond motifs is 5. The van der Waals surface area contributed by atoms with Crippen LogP contribution in [0.2, 0.25) is 0 Å². The summed E-state index contributed by atoms with van der Waals surface area (Å²) in [6.07, 6.45) is 4.84. The van der Waals surface area contributed by atoms with E-state index in [0.29, 0.717) is 0 Å². The number of carboxylic acid groups (broad SMARTS) is 1. The first kappa shape index (κ1) is 11.4. The standard InChI is InChI=1S/C13H15NO4/c1-13(2,12(17)18)14-10(15)8-6-3-4-7(5-6)9(8)11(14)16/h3-4,6-9H,5H2,1-2H3,(H,17,18).